The van der Waals surface area contributed by atoms with Gasteiger partial charge in [-0.25, -0.2) is 0 Å². The first-order chi connectivity index (χ1) is 16.2. The van der Waals surface area contributed by atoms with Gasteiger partial charge in [0, 0.05) is 18.7 Å². The number of nitrogens with zero attached hydrogens (tertiary/aromatic N) is 1. The van der Waals surface area contributed by atoms with Gasteiger partial charge in [-0.05, 0) is 60.6 Å². The van der Waals surface area contributed by atoms with Gasteiger partial charge in [-0.1, -0.05) is 45.0 Å². The maximum Gasteiger partial charge on any atom is 0.295 e. The Morgan fingerprint density at radius 2 is 1.76 bits per heavy atom. The zero-order valence-corrected chi connectivity index (χ0v) is 20.3. The summed E-state index contributed by atoms with van der Waals surface area (Å²) in [5.41, 5.74) is 2.49. The first-order valence-corrected chi connectivity index (χ1v) is 11.9. The maximum atomic E-state index is 13.2. The standard InChI is InChI=1S/C28H33NO5/c1-5-33-21-14-10-19(11-15-21)25(30)23-24(18-8-12-20(13-9-18)28(2,3)4)29(27(32)26(23)31)17-22-7-6-16-34-22/h8-15,22,24,30H,5-7,16-17H2,1-4H3/b25-23-. The van der Waals surface area contributed by atoms with Gasteiger partial charge in [-0.3, -0.25) is 9.59 Å². The summed E-state index contributed by atoms with van der Waals surface area (Å²) in [6.07, 6.45) is 1.67. The molecule has 2 atom stereocenters. The molecule has 2 heterocycles. The van der Waals surface area contributed by atoms with Crippen molar-refractivity contribution in [3.63, 3.8) is 0 Å². The van der Waals surface area contributed by atoms with Crippen LogP contribution in [0.25, 0.3) is 5.76 Å². The van der Waals surface area contributed by atoms with E-state index >= 15 is 0 Å². The molecule has 6 nitrogen and oxygen atoms in total. The van der Waals surface area contributed by atoms with Crippen LogP contribution in [-0.2, 0) is 19.7 Å². The van der Waals surface area contributed by atoms with E-state index in [1.807, 2.05) is 31.2 Å². The summed E-state index contributed by atoms with van der Waals surface area (Å²) in [6.45, 7) is 9.81. The van der Waals surface area contributed by atoms with Crippen LogP contribution in [0, 0.1) is 0 Å². The molecule has 2 aliphatic rings. The highest BCUT2D eigenvalue weighted by Crippen LogP contribution is 2.40. The molecule has 2 unspecified atom stereocenters. The Hall–Kier alpha value is -3.12. The van der Waals surface area contributed by atoms with Crippen LogP contribution in [0.5, 0.6) is 5.75 Å². The van der Waals surface area contributed by atoms with Gasteiger partial charge in [0.1, 0.15) is 11.5 Å². The lowest BCUT2D eigenvalue weighted by atomic mass is 9.85. The molecule has 0 aromatic heterocycles. The second-order valence-corrected chi connectivity index (χ2v) is 9.92. The second kappa shape index (κ2) is 9.63. The number of hydrogen-bond acceptors (Lipinski definition) is 5. The van der Waals surface area contributed by atoms with Crippen LogP contribution in [0.1, 0.15) is 63.3 Å². The summed E-state index contributed by atoms with van der Waals surface area (Å²) in [4.78, 5) is 27.9. The van der Waals surface area contributed by atoms with Crippen LogP contribution in [0.15, 0.2) is 54.1 Å². The molecular weight excluding hydrogens is 430 g/mol. The molecular formula is C28H33NO5. The Morgan fingerprint density at radius 1 is 1.09 bits per heavy atom. The SMILES string of the molecule is CCOc1ccc(/C(O)=C2/C(=O)C(=O)N(CC3CCCO3)C2c2ccc(C(C)(C)C)cc2)cc1. The molecule has 0 spiro atoms. The van der Waals surface area contributed by atoms with Crippen LogP contribution in [0.2, 0.25) is 0 Å². The number of carbonyl (C=O) groups excluding carboxylic acids is 2. The van der Waals surface area contributed by atoms with Gasteiger partial charge in [-0.2, -0.15) is 0 Å². The molecule has 1 N–H and O–H groups in total. The summed E-state index contributed by atoms with van der Waals surface area (Å²) in [6, 6.07) is 14.2. The Bertz CT molecular complexity index is 1070. The predicted molar refractivity (Wildman–Crippen MR) is 131 cm³/mol. The Morgan fingerprint density at radius 3 is 2.32 bits per heavy atom. The highest BCUT2D eigenvalue weighted by Gasteiger charge is 2.47. The van der Waals surface area contributed by atoms with Crippen LogP contribution in [0.3, 0.4) is 0 Å². The van der Waals surface area contributed by atoms with Crippen molar-refractivity contribution < 1.29 is 24.2 Å². The number of ketones is 1. The number of likely N-dealkylation sites (tertiary alicyclic amines) is 1. The third-order valence-corrected chi connectivity index (χ3v) is 6.50. The molecule has 2 aromatic rings. The second-order valence-electron chi connectivity index (χ2n) is 9.92. The van der Waals surface area contributed by atoms with Crippen molar-refractivity contribution in [1.29, 1.82) is 0 Å². The minimum atomic E-state index is -0.676. The number of benzene rings is 2. The number of ether oxygens (including phenoxy) is 2. The Balaban J connectivity index is 1.78. The summed E-state index contributed by atoms with van der Waals surface area (Å²) < 4.78 is 11.2. The smallest absolute Gasteiger partial charge is 0.295 e. The molecule has 1 amide bonds. The predicted octanol–water partition coefficient (Wildman–Crippen LogP) is 4.98. The van der Waals surface area contributed by atoms with Gasteiger partial charge in [0.2, 0.25) is 0 Å². The molecule has 6 heteroatoms. The van der Waals surface area contributed by atoms with Crippen LogP contribution in [-0.4, -0.2) is 47.6 Å². The van der Waals surface area contributed by atoms with Crippen molar-refractivity contribution in [3.05, 3.63) is 70.8 Å². The van der Waals surface area contributed by atoms with Crippen LogP contribution in [0.4, 0.5) is 0 Å². The van der Waals surface area contributed by atoms with Gasteiger partial charge in [0.05, 0.1) is 24.3 Å². The van der Waals surface area contributed by atoms with E-state index in [0.717, 1.165) is 24.0 Å². The van der Waals surface area contributed by atoms with E-state index in [4.69, 9.17) is 9.47 Å². The van der Waals surface area contributed by atoms with E-state index in [2.05, 4.69) is 20.8 Å². The van der Waals surface area contributed by atoms with Crippen molar-refractivity contribution in [3.8, 4) is 5.75 Å². The highest BCUT2D eigenvalue weighted by molar-refractivity contribution is 6.46. The summed E-state index contributed by atoms with van der Waals surface area (Å²) in [5, 5.41) is 11.2. The molecule has 34 heavy (non-hydrogen) atoms. The van der Waals surface area contributed by atoms with E-state index in [1.165, 1.54) is 0 Å². The summed E-state index contributed by atoms with van der Waals surface area (Å²) in [7, 11) is 0. The molecule has 2 saturated heterocycles. The zero-order chi connectivity index (χ0) is 24.5. The molecule has 180 valence electrons. The number of Topliss-reactive ketones (excluding diaryl/α,β-unsaturated/α-hetero) is 1. The lowest BCUT2D eigenvalue weighted by Gasteiger charge is -2.28. The fourth-order valence-electron chi connectivity index (χ4n) is 4.62. The lowest BCUT2D eigenvalue weighted by Crippen LogP contribution is -2.36. The van der Waals surface area contributed by atoms with Crippen molar-refractivity contribution in [1.82, 2.24) is 4.90 Å². The summed E-state index contributed by atoms with van der Waals surface area (Å²) >= 11 is 0. The molecule has 2 aliphatic heterocycles. The van der Waals surface area contributed by atoms with Gasteiger partial charge in [0.25, 0.3) is 11.7 Å². The van der Waals surface area contributed by atoms with Gasteiger partial charge in [-0.15, -0.1) is 0 Å². The molecule has 0 saturated carbocycles. The van der Waals surface area contributed by atoms with Gasteiger partial charge >= 0.3 is 0 Å². The number of aliphatic hydroxyl groups excluding tert-OH is 1. The average Bonchev–Trinajstić information content (AvgIpc) is 3.41. The van der Waals surface area contributed by atoms with Crippen LogP contribution >= 0.6 is 0 Å². The minimum Gasteiger partial charge on any atom is -0.507 e. The van der Waals surface area contributed by atoms with Crippen LogP contribution < -0.4 is 4.74 Å². The average molecular weight is 464 g/mol. The van der Waals surface area contributed by atoms with E-state index in [-0.39, 0.29) is 22.9 Å². The monoisotopic (exact) mass is 463 g/mol. The Kier molecular flexibility index (Phi) is 6.80. The number of amides is 1. The third kappa shape index (κ3) is 4.73. The normalized spacial score (nSPS) is 22.4. The molecule has 2 fully saturated rings. The fourth-order valence-corrected chi connectivity index (χ4v) is 4.62. The van der Waals surface area contributed by atoms with Gasteiger partial charge < -0.3 is 19.5 Å². The maximum absolute atomic E-state index is 13.2. The van der Waals surface area contributed by atoms with Crippen molar-refractivity contribution in [2.45, 2.75) is 58.1 Å². The van der Waals surface area contributed by atoms with E-state index in [9.17, 15) is 14.7 Å². The first-order valence-electron chi connectivity index (χ1n) is 11.9. The zero-order valence-electron chi connectivity index (χ0n) is 20.3. The topological polar surface area (TPSA) is 76.1 Å². The quantitative estimate of drug-likeness (QED) is 0.371. The number of aliphatic hydroxyl groups is 1. The van der Waals surface area contributed by atoms with Crippen molar-refractivity contribution in [2.75, 3.05) is 19.8 Å². The molecule has 0 aliphatic carbocycles. The molecule has 4 rings (SSSR count). The van der Waals surface area contributed by atoms with E-state index in [0.29, 0.717) is 31.1 Å². The number of carbonyl (C=O) groups is 2. The van der Waals surface area contributed by atoms with Crippen molar-refractivity contribution >= 4 is 17.4 Å². The lowest BCUT2D eigenvalue weighted by molar-refractivity contribution is -0.140. The van der Waals surface area contributed by atoms with Crippen molar-refractivity contribution in [2.24, 2.45) is 0 Å². The van der Waals surface area contributed by atoms with E-state index < -0.39 is 17.7 Å². The number of rotatable bonds is 6. The number of hydrogen-bond donors (Lipinski definition) is 1. The Labute approximate surface area is 201 Å². The van der Waals surface area contributed by atoms with E-state index in [1.54, 1.807) is 29.2 Å². The highest BCUT2D eigenvalue weighted by atomic mass is 16.5. The third-order valence-electron chi connectivity index (χ3n) is 6.50. The first kappa shape index (κ1) is 24.0. The summed E-state index contributed by atoms with van der Waals surface area (Å²) in [5.74, 6) is -0.782. The largest absolute Gasteiger partial charge is 0.507 e. The minimum absolute atomic E-state index is 0.0274. The van der Waals surface area contributed by atoms with Gasteiger partial charge in [0.15, 0.2) is 0 Å². The molecule has 2 aromatic carbocycles. The fraction of sp³-hybridized carbons (Fsp3) is 0.429. The molecule has 0 bridgehead atoms. The molecule has 0 radical (unpaired) electrons.